The smallest absolute Gasteiger partial charge is 0.327 e. The Morgan fingerprint density at radius 1 is 1.29 bits per heavy atom. The number of nitrogens with zero attached hydrogens (tertiary/aromatic N) is 7. The largest absolute Gasteiger partial charge is 0.394 e. The van der Waals surface area contributed by atoms with Crippen LogP contribution in [0.4, 0.5) is 16.2 Å². The Kier molecular flexibility index (Phi) is 6.99. The second-order valence-electron chi connectivity index (χ2n) is 9.41. The Labute approximate surface area is 233 Å². The van der Waals surface area contributed by atoms with Crippen molar-refractivity contribution < 1.29 is 38.0 Å². The molecular formula is C20H24FN10O8PS. The topological polar surface area (TPSA) is 257 Å². The highest BCUT2D eigenvalue weighted by Gasteiger charge is 2.58. The van der Waals surface area contributed by atoms with Crippen molar-refractivity contribution >= 4 is 52.5 Å². The van der Waals surface area contributed by atoms with E-state index in [0.29, 0.717) is 11.0 Å². The van der Waals surface area contributed by atoms with Crippen LogP contribution in [0.5, 0.6) is 0 Å². The van der Waals surface area contributed by atoms with E-state index in [1.54, 1.807) is 16.8 Å². The molecule has 2 saturated heterocycles. The average molecular weight is 615 g/mol. The number of nitrogen functional groups attached to an aromatic ring is 2. The fraction of sp³-hybridized carbons (Fsp3) is 0.500. The maximum atomic E-state index is 15.8. The molecule has 0 aromatic carbocycles. The summed E-state index contributed by atoms with van der Waals surface area (Å²) in [4.78, 5) is 37.6. The second kappa shape index (κ2) is 10.3. The first-order chi connectivity index (χ1) is 19.5. The number of H-pyrrole nitrogens is 1. The van der Waals surface area contributed by atoms with E-state index in [1.807, 2.05) is 0 Å². The van der Waals surface area contributed by atoms with Gasteiger partial charge in [0.2, 0.25) is 11.7 Å². The SMILES string of the molecule is Nc1nc2c(nnn2[C@]2(OP(O)(=S)OC[C@H]3OCC(n4ccc5c(N)ncnc54)[C@@H]3O)CO[C@H](CO)[C@H]2F)c(=O)[nH]1. The number of nitrogens with two attached hydrogens (primary N) is 2. The lowest BCUT2D eigenvalue weighted by Gasteiger charge is -2.33. The zero-order valence-electron chi connectivity index (χ0n) is 20.8. The minimum atomic E-state index is -4.37. The van der Waals surface area contributed by atoms with E-state index in [9.17, 15) is 19.9 Å². The summed E-state index contributed by atoms with van der Waals surface area (Å²) < 4.78 is 40.4. The zero-order chi connectivity index (χ0) is 29.1. The molecule has 41 heavy (non-hydrogen) atoms. The summed E-state index contributed by atoms with van der Waals surface area (Å²) in [5.41, 5.74) is 8.34. The number of hydrogen-bond acceptors (Lipinski definition) is 15. The van der Waals surface area contributed by atoms with Crippen LogP contribution in [-0.4, -0.2) is 106 Å². The molecule has 7 atom stereocenters. The molecule has 220 valence electrons. The average Bonchev–Trinajstić information content (AvgIpc) is 3.69. The number of fused-ring (bicyclic) bond motifs is 2. The maximum Gasteiger partial charge on any atom is 0.327 e. The maximum absolute atomic E-state index is 15.8. The first kappa shape index (κ1) is 27.9. The molecule has 21 heteroatoms. The highest BCUT2D eigenvalue weighted by molar-refractivity contribution is 8.07. The van der Waals surface area contributed by atoms with Gasteiger partial charge in [-0.05, 0) is 17.9 Å². The van der Waals surface area contributed by atoms with Crippen LogP contribution in [0.3, 0.4) is 0 Å². The molecule has 0 spiro atoms. The molecule has 0 aliphatic carbocycles. The van der Waals surface area contributed by atoms with Gasteiger partial charge in [0, 0.05) is 6.20 Å². The number of alkyl halides is 1. The molecule has 2 aliphatic heterocycles. The minimum absolute atomic E-state index is 0.0626. The molecule has 6 heterocycles. The van der Waals surface area contributed by atoms with Crippen molar-refractivity contribution in [3.63, 3.8) is 0 Å². The van der Waals surface area contributed by atoms with Gasteiger partial charge < -0.3 is 45.1 Å². The number of halogens is 1. The van der Waals surface area contributed by atoms with Crippen LogP contribution < -0.4 is 17.0 Å². The number of rotatable bonds is 8. The number of aromatic nitrogens is 8. The summed E-state index contributed by atoms with van der Waals surface area (Å²) in [6.07, 6.45) is -2.69. The van der Waals surface area contributed by atoms with Crippen LogP contribution >= 0.6 is 6.72 Å². The molecule has 0 saturated carbocycles. The van der Waals surface area contributed by atoms with Crippen molar-refractivity contribution in [1.29, 1.82) is 0 Å². The van der Waals surface area contributed by atoms with E-state index in [-0.39, 0.29) is 29.5 Å². The molecule has 18 nitrogen and oxygen atoms in total. The quantitative estimate of drug-likeness (QED) is 0.118. The van der Waals surface area contributed by atoms with Gasteiger partial charge >= 0.3 is 6.72 Å². The van der Waals surface area contributed by atoms with Crippen LogP contribution in [0.2, 0.25) is 0 Å². The molecular weight excluding hydrogens is 590 g/mol. The number of aliphatic hydroxyl groups is 2. The van der Waals surface area contributed by atoms with Crippen LogP contribution in [0, 0.1) is 0 Å². The molecule has 4 aromatic heterocycles. The highest BCUT2D eigenvalue weighted by atomic mass is 32.5. The normalized spacial score (nSPS) is 29.9. The van der Waals surface area contributed by atoms with Crippen molar-refractivity contribution in [3.8, 4) is 0 Å². The summed E-state index contributed by atoms with van der Waals surface area (Å²) in [5.74, 6) is -0.0392. The lowest BCUT2D eigenvalue weighted by Crippen LogP contribution is -2.47. The van der Waals surface area contributed by atoms with Gasteiger partial charge in [0.1, 0.15) is 42.7 Å². The fourth-order valence-corrected chi connectivity index (χ4v) is 6.51. The molecule has 0 radical (unpaired) electrons. The summed E-state index contributed by atoms with van der Waals surface area (Å²) in [5, 5.41) is 28.7. The van der Waals surface area contributed by atoms with Gasteiger partial charge in [-0.3, -0.25) is 14.3 Å². The number of ether oxygens (including phenoxy) is 2. The first-order valence-corrected chi connectivity index (χ1v) is 14.7. The van der Waals surface area contributed by atoms with Crippen LogP contribution in [0.25, 0.3) is 22.2 Å². The molecule has 0 amide bonds. The van der Waals surface area contributed by atoms with Gasteiger partial charge in [0.25, 0.3) is 5.56 Å². The van der Waals surface area contributed by atoms with Gasteiger partial charge in [0.15, 0.2) is 17.3 Å². The summed E-state index contributed by atoms with van der Waals surface area (Å²) in [6, 6.07) is 1.13. The van der Waals surface area contributed by atoms with Crippen LogP contribution in [0.1, 0.15) is 6.04 Å². The predicted molar refractivity (Wildman–Crippen MR) is 140 cm³/mol. The van der Waals surface area contributed by atoms with Gasteiger partial charge in [-0.25, -0.2) is 14.4 Å². The molecule has 2 fully saturated rings. The van der Waals surface area contributed by atoms with Crippen LogP contribution in [-0.2, 0) is 36.1 Å². The zero-order valence-corrected chi connectivity index (χ0v) is 22.6. The third kappa shape index (κ3) is 4.66. The summed E-state index contributed by atoms with van der Waals surface area (Å²) >= 11 is 5.18. The van der Waals surface area contributed by atoms with E-state index in [0.717, 1.165) is 4.68 Å². The lowest BCUT2D eigenvalue weighted by atomic mass is 10.1. The Bertz CT molecular complexity index is 1720. The third-order valence-electron chi connectivity index (χ3n) is 6.96. The van der Waals surface area contributed by atoms with Crippen molar-refractivity contribution in [1.82, 2.24) is 39.5 Å². The molecule has 2 aliphatic rings. The van der Waals surface area contributed by atoms with Crippen molar-refractivity contribution in [2.45, 2.75) is 36.3 Å². The number of hydrogen-bond donors (Lipinski definition) is 6. The Morgan fingerprint density at radius 2 is 2.10 bits per heavy atom. The van der Waals surface area contributed by atoms with Crippen molar-refractivity contribution in [2.24, 2.45) is 0 Å². The van der Waals surface area contributed by atoms with Gasteiger partial charge in [-0.1, -0.05) is 5.21 Å². The standard InChI is InChI=1S/C20H24FN10O8PS/c21-14-10(3-32)37-6-20(14,31-17-12(28-29-31)18(34)27-19(23)26-17)39-40(35,41)38-5-11-13(33)9(4-36-11)30-2-1-8-15(22)24-7-25-16(8)30/h1-2,7,9-11,13-14,32-33H,3-6H2,(H,35,41)(H2,22,24,25)(H3,23,26,27,34)/t9?,10-,11-,13+,14-,20+,40?/m1/s1. The van der Waals surface area contributed by atoms with E-state index >= 15 is 4.39 Å². The molecule has 6 rings (SSSR count). The number of aromatic amines is 1. The van der Waals surface area contributed by atoms with Crippen LogP contribution in [0.15, 0.2) is 23.4 Å². The van der Waals surface area contributed by atoms with Gasteiger partial charge in [-0.15, -0.1) is 5.10 Å². The van der Waals surface area contributed by atoms with Gasteiger partial charge in [0.05, 0.1) is 31.2 Å². The van der Waals surface area contributed by atoms with E-state index in [1.165, 1.54) is 6.33 Å². The minimum Gasteiger partial charge on any atom is -0.394 e. The predicted octanol–water partition coefficient (Wildman–Crippen LogP) is -1.94. The molecule has 4 aromatic rings. The van der Waals surface area contributed by atoms with E-state index < -0.39 is 68.3 Å². The highest BCUT2D eigenvalue weighted by Crippen LogP contribution is 2.53. The Balaban J connectivity index is 1.23. The molecule has 2 unspecified atom stereocenters. The Hall–Kier alpha value is -3.20. The third-order valence-corrected chi connectivity index (χ3v) is 8.52. The van der Waals surface area contributed by atoms with Crippen molar-refractivity contribution in [2.75, 3.05) is 37.9 Å². The van der Waals surface area contributed by atoms with E-state index in [4.69, 9.17) is 41.8 Å². The lowest BCUT2D eigenvalue weighted by molar-refractivity contribution is -0.0811. The summed E-state index contributed by atoms with van der Waals surface area (Å²) in [6.45, 7) is -6.12. The monoisotopic (exact) mass is 614 g/mol. The second-order valence-corrected chi connectivity index (χ2v) is 12.2. The number of anilines is 2. The molecule has 0 bridgehead atoms. The summed E-state index contributed by atoms with van der Waals surface area (Å²) in [7, 11) is 0. The van der Waals surface area contributed by atoms with Crippen molar-refractivity contribution in [3.05, 3.63) is 28.9 Å². The fourth-order valence-electron chi connectivity index (χ4n) is 4.93. The Morgan fingerprint density at radius 3 is 2.85 bits per heavy atom. The van der Waals surface area contributed by atoms with Gasteiger partial charge in [-0.2, -0.15) is 9.67 Å². The number of nitrogens with one attached hydrogen (secondary N) is 1. The molecule has 8 N–H and O–H groups in total. The first-order valence-electron chi connectivity index (χ1n) is 12.1. The number of aliphatic hydroxyl groups excluding tert-OH is 2. The van der Waals surface area contributed by atoms with E-state index in [2.05, 4.69) is 30.2 Å².